The maximum atomic E-state index is 12.9. The van der Waals surface area contributed by atoms with Crippen molar-refractivity contribution in [2.45, 2.75) is 45.4 Å². The smallest absolute Gasteiger partial charge is 0.192 e. The van der Waals surface area contributed by atoms with Crippen molar-refractivity contribution in [3.8, 4) is 11.4 Å². The van der Waals surface area contributed by atoms with Crippen molar-refractivity contribution in [2.24, 2.45) is 0 Å². The van der Waals surface area contributed by atoms with E-state index in [4.69, 9.17) is 16.3 Å². The molecule has 0 bridgehead atoms. The van der Waals surface area contributed by atoms with Crippen LogP contribution in [0.1, 0.15) is 35.1 Å². The van der Waals surface area contributed by atoms with Gasteiger partial charge in [-0.1, -0.05) is 30.3 Å². The molecule has 0 amide bonds. The number of nitrogens with zero attached hydrogens (tertiary/aromatic N) is 4. The van der Waals surface area contributed by atoms with Crippen LogP contribution in [0, 0.1) is 13.8 Å². The van der Waals surface area contributed by atoms with E-state index in [0.29, 0.717) is 29.1 Å². The number of ketones is 1. The van der Waals surface area contributed by atoms with Gasteiger partial charge in [-0.25, -0.2) is 0 Å². The zero-order valence-electron chi connectivity index (χ0n) is 17.8. The third-order valence-electron chi connectivity index (χ3n) is 4.99. The van der Waals surface area contributed by atoms with Gasteiger partial charge in [-0.3, -0.25) is 9.36 Å². The number of methoxy groups -OCH3 is 1. The van der Waals surface area contributed by atoms with E-state index in [1.165, 1.54) is 11.8 Å². The lowest BCUT2D eigenvalue weighted by molar-refractivity contribution is 0.102. The molecule has 0 radical (unpaired) electrons. The van der Waals surface area contributed by atoms with Crippen molar-refractivity contribution in [2.75, 3.05) is 19.5 Å². The average molecular weight is 447 g/mol. The van der Waals surface area contributed by atoms with E-state index in [-0.39, 0.29) is 5.78 Å². The molecule has 2 aromatic heterocycles. The number of hydrogen-bond donors (Lipinski definition) is 0. The summed E-state index contributed by atoms with van der Waals surface area (Å²) in [4.78, 5) is 12.9. The fourth-order valence-corrected chi connectivity index (χ4v) is 4.42. The first-order valence-corrected chi connectivity index (χ1v) is 11.3. The van der Waals surface area contributed by atoms with Crippen LogP contribution in [0.15, 0.2) is 35.5 Å². The van der Waals surface area contributed by atoms with E-state index >= 15 is 0 Å². The summed E-state index contributed by atoms with van der Waals surface area (Å²) in [7, 11) is 1.66. The lowest BCUT2D eigenvalue weighted by Crippen LogP contribution is -2.10. The fraction of sp³-hybridized carbons (Fsp3) is 0.409. The molecule has 0 saturated carbocycles. The summed E-state index contributed by atoms with van der Waals surface area (Å²) >= 11 is 7.41. The first-order chi connectivity index (χ1) is 14.5. The average Bonchev–Trinajstić information content (AvgIpc) is 3.27. The molecule has 0 aliphatic heterocycles. The van der Waals surface area contributed by atoms with Gasteiger partial charge >= 0.3 is 0 Å². The second-order valence-electron chi connectivity index (χ2n) is 7.11. The van der Waals surface area contributed by atoms with Crippen molar-refractivity contribution in [1.82, 2.24) is 19.3 Å². The third-order valence-corrected chi connectivity index (χ3v) is 6.21. The summed E-state index contributed by atoms with van der Waals surface area (Å²) in [5, 5.41) is 10.1. The topological polar surface area (TPSA) is 61.9 Å². The van der Waals surface area contributed by atoms with Crippen molar-refractivity contribution < 1.29 is 9.53 Å². The molecule has 0 N–H and O–H groups in total. The molecule has 0 unspecified atom stereocenters. The SMILES string of the molecule is CCCn1c(C)cc(C(=O)CSc2nnc(-c3ccc(Cl)cc3)n2CCOC)c1C. The lowest BCUT2D eigenvalue weighted by Gasteiger charge is -2.10. The number of halogens is 1. The molecule has 3 rings (SSSR count). The molecular formula is C22H27ClN4O2S. The molecule has 30 heavy (non-hydrogen) atoms. The number of ether oxygens (including phenoxy) is 1. The van der Waals surface area contributed by atoms with Gasteiger partial charge in [0.2, 0.25) is 0 Å². The van der Waals surface area contributed by atoms with Gasteiger partial charge in [-0.05, 0) is 50.6 Å². The van der Waals surface area contributed by atoms with Crippen molar-refractivity contribution in [3.05, 3.63) is 52.3 Å². The molecular weight excluding hydrogens is 420 g/mol. The summed E-state index contributed by atoms with van der Waals surface area (Å²) < 4.78 is 9.45. The van der Waals surface area contributed by atoms with Crippen LogP contribution in [0.3, 0.4) is 0 Å². The Kier molecular flexibility index (Phi) is 7.75. The van der Waals surface area contributed by atoms with E-state index in [1.807, 2.05) is 48.7 Å². The van der Waals surface area contributed by atoms with Crippen LogP contribution in [0.5, 0.6) is 0 Å². The zero-order chi connectivity index (χ0) is 21.7. The Balaban J connectivity index is 1.80. The highest BCUT2D eigenvalue weighted by Crippen LogP contribution is 2.26. The summed E-state index contributed by atoms with van der Waals surface area (Å²) in [6, 6.07) is 9.47. The molecule has 0 atom stereocenters. The molecule has 0 aliphatic carbocycles. The maximum absolute atomic E-state index is 12.9. The van der Waals surface area contributed by atoms with Gasteiger partial charge in [-0.2, -0.15) is 0 Å². The standard InChI is InChI=1S/C22H27ClN4O2S/c1-5-10-26-15(2)13-19(16(26)3)20(28)14-30-22-25-24-21(27(22)11-12-29-4)17-6-8-18(23)9-7-17/h6-9,13H,5,10-12,14H2,1-4H3. The third kappa shape index (κ3) is 4.96. The maximum Gasteiger partial charge on any atom is 0.192 e. The van der Waals surface area contributed by atoms with Gasteiger partial charge in [0, 0.05) is 41.2 Å². The molecule has 0 saturated heterocycles. The Morgan fingerprint density at radius 1 is 1.13 bits per heavy atom. The largest absolute Gasteiger partial charge is 0.383 e. The molecule has 1 aromatic carbocycles. The summed E-state index contributed by atoms with van der Waals surface area (Å²) in [5.41, 5.74) is 3.86. The van der Waals surface area contributed by atoms with Gasteiger partial charge in [0.1, 0.15) is 0 Å². The van der Waals surface area contributed by atoms with Crippen molar-refractivity contribution >= 4 is 29.1 Å². The predicted octanol–water partition coefficient (Wildman–Crippen LogP) is 5.05. The minimum atomic E-state index is 0.102. The van der Waals surface area contributed by atoms with Crippen LogP contribution in [0.25, 0.3) is 11.4 Å². The Bertz CT molecular complexity index is 1010. The quantitative estimate of drug-likeness (QED) is 0.322. The molecule has 2 heterocycles. The molecule has 0 spiro atoms. The number of benzene rings is 1. The second kappa shape index (κ2) is 10.3. The Hall–Kier alpha value is -2.09. The number of carbonyl (C=O) groups is 1. The van der Waals surface area contributed by atoms with Crippen molar-refractivity contribution in [1.29, 1.82) is 0 Å². The first kappa shape index (κ1) is 22.6. The lowest BCUT2D eigenvalue weighted by atomic mass is 10.2. The van der Waals surface area contributed by atoms with Gasteiger partial charge in [0.25, 0.3) is 0 Å². The fourth-order valence-electron chi connectivity index (χ4n) is 3.45. The number of rotatable bonds is 10. The van der Waals surface area contributed by atoms with E-state index < -0.39 is 0 Å². The summed E-state index contributed by atoms with van der Waals surface area (Å²) in [5.74, 6) is 1.15. The van der Waals surface area contributed by atoms with Gasteiger partial charge in [0.05, 0.1) is 18.9 Å². The number of thioether (sulfide) groups is 1. The van der Waals surface area contributed by atoms with Crippen LogP contribution in [0.4, 0.5) is 0 Å². The normalized spacial score (nSPS) is 11.2. The highest BCUT2D eigenvalue weighted by Gasteiger charge is 2.19. The Labute approximate surface area is 186 Å². The minimum absolute atomic E-state index is 0.102. The number of carbonyl (C=O) groups excluding carboxylic acids is 1. The van der Waals surface area contributed by atoms with E-state index in [0.717, 1.165) is 41.3 Å². The van der Waals surface area contributed by atoms with Crippen LogP contribution in [-0.2, 0) is 17.8 Å². The van der Waals surface area contributed by atoms with E-state index in [9.17, 15) is 4.79 Å². The molecule has 0 fully saturated rings. The molecule has 8 heteroatoms. The van der Waals surface area contributed by atoms with Crippen molar-refractivity contribution in [3.63, 3.8) is 0 Å². The number of Topliss-reactive ketones (excluding diaryl/α,β-unsaturated/α-hetero) is 1. The number of aryl methyl sites for hydroxylation is 1. The minimum Gasteiger partial charge on any atom is -0.383 e. The van der Waals surface area contributed by atoms with Crippen LogP contribution in [0.2, 0.25) is 5.02 Å². The number of hydrogen-bond acceptors (Lipinski definition) is 5. The molecule has 6 nitrogen and oxygen atoms in total. The number of aromatic nitrogens is 4. The summed E-state index contributed by atoms with van der Waals surface area (Å²) in [6.45, 7) is 8.25. The van der Waals surface area contributed by atoms with Crippen LogP contribution in [-0.4, -0.2) is 44.6 Å². The highest BCUT2D eigenvalue weighted by molar-refractivity contribution is 7.99. The zero-order valence-corrected chi connectivity index (χ0v) is 19.4. The molecule has 3 aromatic rings. The Morgan fingerprint density at radius 2 is 1.87 bits per heavy atom. The molecule has 160 valence electrons. The summed E-state index contributed by atoms with van der Waals surface area (Å²) in [6.07, 6.45) is 1.04. The van der Waals surface area contributed by atoms with E-state index in [1.54, 1.807) is 7.11 Å². The van der Waals surface area contributed by atoms with Crippen LogP contribution < -0.4 is 0 Å². The highest BCUT2D eigenvalue weighted by atomic mass is 35.5. The van der Waals surface area contributed by atoms with E-state index in [2.05, 4.69) is 21.7 Å². The molecule has 0 aliphatic rings. The van der Waals surface area contributed by atoms with Crippen LogP contribution >= 0.6 is 23.4 Å². The monoisotopic (exact) mass is 446 g/mol. The Morgan fingerprint density at radius 3 is 2.53 bits per heavy atom. The predicted molar refractivity (Wildman–Crippen MR) is 122 cm³/mol. The van der Waals surface area contributed by atoms with Gasteiger partial charge < -0.3 is 9.30 Å². The second-order valence-corrected chi connectivity index (χ2v) is 8.48. The van der Waals surface area contributed by atoms with Gasteiger partial charge in [0.15, 0.2) is 16.8 Å². The van der Waals surface area contributed by atoms with Gasteiger partial charge in [-0.15, -0.1) is 10.2 Å². The first-order valence-electron chi connectivity index (χ1n) is 9.97.